The number of rotatable bonds is 10. The molecule has 4 atom stereocenters. The summed E-state index contributed by atoms with van der Waals surface area (Å²) in [6.45, 7) is 2.70. The largest absolute Gasteiger partial charge is 0.285 e. The molecule has 4 unspecified atom stereocenters. The molecule has 0 N–H and O–H groups in total. The number of amides is 4. The van der Waals surface area contributed by atoms with Crippen molar-refractivity contribution in [3.8, 4) is 0 Å². The van der Waals surface area contributed by atoms with Crippen molar-refractivity contribution in [2.75, 3.05) is 13.6 Å². The molecule has 3 fully saturated rings. The fourth-order valence-corrected chi connectivity index (χ4v) is 5.21. The topological polar surface area (TPSA) is 74.8 Å². The molecule has 1 saturated carbocycles. The summed E-state index contributed by atoms with van der Waals surface area (Å²) in [6, 6.07) is 0. The van der Waals surface area contributed by atoms with Crippen LogP contribution in [0, 0.1) is 23.7 Å². The van der Waals surface area contributed by atoms with Crippen LogP contribution in [-0.2, 0) is 19.2 Å². The third-order valence-electron chi connectivity index (χ3n) is 6.93. The summed E-state index contributed by atoms with van der Waals surface area (Å²) >= 11 is 0. The Morgan fingerprint density at radius 3 is 1.50 bits per heavy atom. The monoisotopic (exact) mass is 390 g/mol. The molecular weight excluding hydrogens is 356 g/mol. The van der Waals surface area contributed by atoms with Crippen molar-refractivity contribution in [3.63, 3.8) is 0 Å². The summed E-state index contributed by atoms with van der Waals surface area (Å²) in [7, 11) is 1.50. The zero-order valence-corrected chi connectivity index (χ0v) is 17.3. The van der Waals surface area contributed by atoms with Gasteiger partial charge in [0, 0.05) is 13.6 Å². The highest BCUT2D eigenvalue weighted by Crippen LogP contribution is 2.47. The van der Waals surface area contributed by atoms with E-state index in [9.17, 15) is 19.2 Å². The van der Waals surface area contributed by atoms with Crippen LogP contribution in [0.15, 0.2) is 0 Å². The Morgan fingerprint density at radius 2 is 1.04 bits per heavy atom. The zero-order chi connectivity index (χ0) is 20.3. The lowest BCUT2D eigenvalue weighted by atomic mass is 9.70. The first-order valence-electron chi connectivity index (χ1n) is 11.1. The molecular formula is C22H34N2O4. The standard InChI is InChI=1S/C22H34N2O4/c1-3-4-5-6-7-8-9-10-11-12-24-21(27)17-13-15-16(14-18(17)22(24)28)20(26)23(2)19(15)25/h15-18H,3-14H2,1-2H3. The van der Waals surface area contributed by atoms with Crippen molar-refractivity contribution in [2.45, 2.75) is 77.6 Å². The van der Waals surface area contributed by atoms with Crippen LogP contribution in [0.2, 0.25) is 0 Å². The van der Waals surface area contributed by atoms with E-state index in [-0.39, 0.29) is 23.6 Å². The van der Waals surface area contributed by atoms with Gasteiger partial charge in [0.25, 0.3) is 0 Å². The predicted octanol–water partition coefficient (Wildman–Crippen LogP) is 3.14. The van der Waals surface area contributed by atoms with Crippen LogP contribution in [0.25, 0.3) is 0 Å². The SMILES string of the molecule is CCCCCCCCCCCN1C(=O)C2CC3C(=O)N(C)C(=O)C3CC2C1=O. The van der Waals surface area contributed by atoms with Crippen LogP contribution in [0.5, 0.6) is 0 Å². The molecule has 0 radical (unpaired) electrons. The average molecular weight is 391 g/mol. The molecule has 156 valence electrons. The third-order valence-corrected chi connectivity index (χ3v) is 6.93. The highest BCUT2D eigenvalue weighted by atomic mass is 16.2. The van der Waals surface area contributed by atoms with Gasteiger partial charge < -0.3 is 0 Å². The number of nitrogens with zero attached hydrogens (tertiary/aromatic N) is 2. The van der Waals surface area contributed by atoms with E-state index < -0.39 is 23.7 Å². The number of hydrogen-bond acceptors (Lipinski definition) is 4. The Balaban J connectivity index is 1.44. The molecule has 28 heavy (non-hydrogen) atoms. The molecule has 2 heterocycles. The van der Waals surface area contributed by atoms with E-state index in [0.717, 1.165) is 19.3 Å². The van der Waals surface area contributed by atoms with Gasteiger partial charge in [-0.3, -0.25) is 29.0 Å². The summed E-state index contributed by atoms with van der Waals surface area (Å²) in [5.74, 6) is -2.26. The summed E-state index contributed by atoms with van der Waals surface area (Å²) in [5, 5.41) is 0. The van der Waals surface area contributed by atoms with Gasteiger partial charge in [-0.05, 0) is 19.3 Å². The second kappa shape index (κ2) is 9.19. The number of hydrogen-bond donors (Lipinski definition) is 0. The fraction of sp³-hybridized carbons (Fsp3) is 0.818. The molecule has 6 heteroatoms. The van der Waals surface area contributed by atoms with E-state index >= 15 is 0 Å². The molecule has 2 aliphatic heterocycles. The highest BCUT2D eigenvalue weighted by Gasteiger charge is 2.58. The van der Waals surface area contributed by atoms with Crippen molar-refractivity contribution in [1.29, 1.82) is 0 Å². The number of carbonyl (C=O) groups excluding carboxylic acids is 4. The van der Waals surface area contributed by atoms with E-state index in [2.05, 4.69) is 6.92 Å². The maximum Gasteiger partial charge on any atom is 0.233 e. The molecule has 3 aliphatic rings. The van der Waals surface area contributed by atoms with E-state index in [1.165, 1.54) is 55.4 Å². The second-order valence-corrected chi connectivity index (χ2v) is 8.79. The number of unbranched alkanes of at least 4 members (excludes halogenated alkanes) is 8. The van der Waals surface area contributed by atoms with Crippen LogP contribution in [-0.4, -0.2) is 47.0 Å². The molecule has 6 nitrogen and oxygen atoms in total. The van der Waals surface area contributed by atoms with Gasteiger partial charge in [-0.1, -0.05) is 58.3 Å². The summed E-state index contributed by atoms with van der Waals surface area (Å²) in [6.07, 6.45) is 11.4. The van der Waals surface area contributed by atoms with Crippen molar-refractivity contribution in [2.24, 2.45) is 23.7 Å². The van der Waals surface area contributed by atoms with Gasteiger partial charge in [-0.15, -0.1) is 0 Å². The highest BCUT2D eigenvalue weighted by molar-refractivity contribution is 6.09. The van der Waals surface area contributed by atoms with E-state index in [1.807, 2.05) is 0 Å². The normalized spacial score (nSPS) is 29.6. The molecule has 0 bridgehead atoms. The molecule has 0 spiro atoms. The molecule has 4 amide bonds. The molecule has 0 aromatic carbocycles. The smallest absolute Gasteiger partial charge is 0.233 e. The van der Waals surface area contributed by atoms with Crippen molar-refractivity contribution in [3.05, 3.63) is 0 Å². The quantitative estimate of drug-likeness (QED) is 0.424. The number of imide groups is 2. The van der Waals surface area contributed by atoms with Crippen LogP contribution in [0.1, 0.15) is 77.6 Å². The van der Waals surface area contributed by atoms with Gasteiger partial charge in [0.1, 0.15) is 0 Å². The fourth-order valence-electron chi connectivity index (χ4n) is 5.21. The van der Waals surface area contributed by atoms with Crippen molar-refractivity contribution < 1.29 is 19.2 Å². The van der Waals surface area contributed by atoms with Gasteiger partial charge in [0.15, 0.2) is 0 Å². The van der Waals surface area contributed by atoms with Gasteiger partial charge in [0.05, 0.1) is 23.7 Å². The lowest BCUT2D eigenvalue weighted by Crippen LogP contribution is -2.35. The Labute approximate surface area is 168 Å². The van der Waals surface area contributed by atoms with Crippen LogP contribution in [0.4, 0.5) is 0 Å². The Morgan fingerprint density at radius 1 is 0.643 bits per heavy atom. The first-order chi connectivity index (χ1) is 13.5. The van der Waals surface area contributed by atoms with Gasteiger partial charge >= 0.3 is 0 Å². The number of fused-ring (bicyclic) bond motifs is 2. The predicted molar refractivity (Wildman–Crippen MR) is 105 cm³/mol. The molecule has 0 aromatic heterocycles. The Kier molecular flexibility index (Phi) is 6.89. The molecule has 0 aromatic rings. The van der Waals surface area contributed by atoms with E-state index in [1.54, 1.807) is 0 Å². The Bertz CT molecular complexity index is 590. The first-order valence-corrected chi connectivity index (χ1v) is 11.1. The number of likely N-dealkylation sites (tertiary alicyclic amines) is 2. The Hall–Kier alpha value is -1.72. The second-order valence-electron chi connectivity index (χ2n) is 8.79. The van der Waals surface area contributed by atoms with Crippen molar-refractivity contribution in [1.82, 2.24) is 9.80 Å². The maximum atomic E-state index is 12.8. The molecule has 1 aliphatic carbocycles. The van der Waals surface area contributed by atoms with Crippen LogP contribution >= 0.6 is 0 Å². The molecule has 3 rings (SSSR count). The molecule has 2 saturated heterocycles. The summed E-state index contributed by atoms with van der Waals surface area (Å²) in [4.78, 5) is 52.6. The van der Waals surface area contributed by atoms with Crippen molar-refractivity contribution >= 4 is 23.6 Å². The van der Waals surface area contributed by atoms with E-state index in [4.69, 9.17) is 0 Å². The van der Waals surface area contributed by atoms with Gasteiger partial charge in [0.2, 0.25) is 23.6 Å². The lowest BCUT2D eigenvalue weighted by molar-refractivity contribution is -0.140. The number of carbonyl (C=O) groups is 4. The first kappa shape index (κ1) is 21.0. The minimum absolute atomic E-state index is 0.122. The zero-order valence-electron chi connectivity index (χ0n) is 17.3. The third kappa shape index (κ3) is 4.01. The van der Waals surface area contributed by atoms with Gasteiger partial charge in [-0.2, -0.15) is 0 Å². The van der Waals surface area contributed by atoms with Gasteiger partial charge in [-0.25, -0.2) is 0 Å². The lowest BCUT2D eigenvalue weighted by Gasteiger charge is -2.28. The minimum atomic E-state index is -0.414. The summed E-state index contributed by atoms with van der Waals surface area (Å²) in [5.41, 5.74) is 0. The van der Waals surface area contributed by atoms with E-state index in [0.29, 0.717) is 19.4 Å². The van der Waals surface area contributed by atoms with Crippen LogP contribution < -0.4 is 0 Å². The average Bonchev–Trinajstić information content (AvgIpc) is 3.05. The van der Waals surface area contributed by atoms with Crippen LogP contribution in [0.3, 0.4) is 0 Å². The maximum absolute atomic E-state index is 12.8. The summed E-state index contributed by atoms with van der Waals surface area (Å²) < 4.78 is 0. The minimum Gasteiger partial charge on any atom is -0.285 e.